The van der Waals surface area contributed by atoms with Gasteiger partial charge in [0.2, 0.25) is 10.0 Å². The molecule has 1 saturated heterocycles. The normalized spacial score (nSPS) is 20.3. The summed E-state index contributed by atoms with van der Waals surface area (Å²) in [5.74, 6) is -0.0000726. The van der Waals surface area contributed by atoms with Gasteiger partial charge >= 0.3 is 0 Å². The molecule has 2 aromatic heterocycles. The molecule has 3 N–H and O–H groups in total. The molecule has 1 amide bonds. The molecule has 1 fully saturated rings. The molecule has 0 spiro atoms. The minimum Gasteiger partial charge on any atom is -0.348 e. The van der Waals surface area contributed by atoms with E-state index in [0.29, 0.717) is 5.92 Å². The van der Waals surface area contributed by atoms with Gasteiger partial charge in [-0.2, -0.15) is 0 Å². The summed E-state index contributed by atoms with van der Waals surface area (Å²) in [6, 6.07) is 5.29. The second kappa shape index (κ2) is 9.29. The van der Waals surface area contributed by atoms with Crippen LogP contribution in [0.3, 0.4) is 0 Å². The summed E-state index contributed by atoms with van der Waals surface area (Å²) in [6.07, 6.45) is 0.844. The number of sulfonamides is 1. The maximum Gasteiger partial charge on any atom is 0.262 e. The number of carbonyl (C=O) groups is 1. The molecule has 3 rings (SSSR count). The molecule has 0 bridgehead atoms. The first-order valence-corrected chi connectivity index (χ1v) is 11.3. The van der Waals surface area contributed by atoms with Crippen LogP contribution in [0.2, 0.25) is 0 Å². The molecule has 1 aliphatic heterocycles. The maximum atomic E-state index is 12.6. The van der Waals surface area contributed by atoms with Crippen LogP contribution in [-0.4, -0.2) is 33.5 Å². The van der Waals surface area contributed by atoms with Crippen molar-refractivity contribution in [2.45, 2.75) is 30.8 Å². The lowest BCUT2D eigenvalue weighted by molar-refractivity contribution is 0.0915. The second-order valence-corrected chi connectivity index (χ2v) is 9.75. The Balaban J connectivity index is 0.00000243. The largest absolute Gasteiger partial charge is 0.348 e. The van der Waals surface area contributed by atoms with Gasteiger partial charge in [-0.25, -0.2) is 13.1 Å². The zero-order valence-electron chi connectivity index (χ0n) is 14.2. The minimum atomic E-state index is -3.73. The standard InChI is InChI=1S/C16H21N3O3S3.ClH/c1-11-9-17-6-4-13(11)19-16(20)15-14(5-8-24-15)25(21,22)18-10-12-3-2-7-23-12;/h2-3,5,7-8,11,13,17-18H,4,6,9-10H2,1H3,(H,19,20);1H. The van der Waals surface area contributed by atoms with Crippen LogP contribution in [0.4, 0.5) is 0 Å². The highest BCUT2D eigenvalue weighted by atomic mass is 35.5. The highest BCUT2D eigenvalue weighted by molar-refractivity contribution is 7.89. The first-order chi connectivity index (χ1) is 12.0. The molecule has 0 radical (unpaired) electrons. The molecule has 0 aromatic carbocycles. The minimum absolute atomic E-state index is 0. The number of hydrogen-bond donors (Lipinski definition) is 3. The first-order valence-electron chi connectivity index (χ1n) is 8.08. The van der Waals surface area contributed by atoms with Crippen LogP contribution in [-0.2, 0) is 16.6 Å². The molecule has 1 aliphatic rings. The summed E-state index contributed by atoms with van der Waals surface area (Å²) in [6.45, 7) is 4.00. The smallest absolute Gasteiger partial charge is 0.262 e. The number of carbonyl (C=O) groups excluding carboxylic acids is 1. The van der Waals surface area contributed by atoms with Crippen molar-refractivity contribution in [3.8, 4) is 0 Å². The summed E-state index contributed by atoms with van der Waals surface area (Å²) in [7, 11) is -3.73. The SMILES string of the molecule is CC1CNCCC1NC(=O)c1sccc1S(=O)(=O)NCc1cccs1.Cl. The molecule has 0 saturated carbocycles. The summed E-state index contributed by atoms with van der Waals surface area (Å²) >= 11 is 2.64. The Morgan fingerprint density at radius 1 is 1.31 bits per heavy atom. The van der Waals surface area contributed by atoms with Crippen molar-refractivity contribution in [1.29, 1.82) is 0 Å². The van der Waals surface area contributed by atoms with Crippen LogP contribution in [0.5, 0.6) is 0 Å². The summed E-state index contributed by atoms with van der Waals surface area (Å²) in [5, 5.41) is 9.81. The van der Waals surface area contributed by atoms with Gasteiger partial charge in [0.15, 0.2) is 0 Å². The van der Waals surface area contributed by atoms with Crippen molar-refractivity contribution in [2.24, 2.45) is 5.92 Å². The number of halogens is 1. The predicted molar refractivity (Wildman–Crippen MR) is 108 cm³/mol. The average molecular weight is 436 g/mol. The number of nitrogens with one attached hydrogen (secondary N) is 3. The summed E-state index contributed by atoms with van der Waals surface area (Å²) in [5.41, 5.74) is 0. The zero-order chi connectivity index (χ0) is 17.9. The van der Waals surface area contributed by atoms with Crippen molar-refractivity contribution in [1.82, 2.24) is 15.4 Å². The van der Waals surface area contributed by atoms with E-state index in [1.807, 2.05) is 17.5 Å². The monoisotopic (exact) mass is 435 g/mol. The number of amides is 1. The van der Waals surface area contributed by atoms with Gasteiger partial charge in [-0.05, 0) is 48.3 Å². The molecule has 2 atom stereocenters. The predicted octanol–water partition coefficient (Wildman–Crippen LogP) is 2.44. The molecule has 6 nitrogen and oxygen atoms in total. The molecular weight excluding hydrogens is 414 g/mol. The third-order valence-electron chi connectivity index (χ3n) is 4.24. The van der Waals surface area contributed by atoms with Crippen LogP contribution in [0.15, 0.2) is 33.9 Å². The topological polar surface area (TPSA) is 87.3 Å². The van der Waals surface area contributed by atoms with Gasteiger partial charge in [0.05, 0.1) is 0 Å². The number of thiophene rings is 2. The van der Waals surface area contributed by atoms with Crippen LogP contribution < -0.4 is 15.4 Å². The van der Waals surface area contributed by atoms with E-state index < -0.39 is 10.0 Å². The highest BCUT2D eigenvalue weighted by Gasteiger charge is 2.28. The van der Waals surface area contributed by atoms with Gasteiger partial charge in [0.25, 0.3) is 5.91 Å². The Kier molecular flexibility index (Phi) is 7.63. The van der Waals surface area contributed by atoms with Crippen molar-refractivity contribution in [2.75, 3.05) is 13.1 Å². The van der Waals surface area contributed by atoms with E-state index in [9.17, 15) is 13.2 Å². The van der Waals surface area contributed by atoms with Crippen LogP contribution in [0, 0.1) is 5.92 Å². The Morgan fingerprint density at radius 2 is 2.12 bits per heavy atom. The van der Waals surface area contributed by atoms with E-state index in [2.05, 4.69) is 22.3 Å². The average Bonchev–Trinajstić information content (AvgIpc) is 3.27. The van der Waals surface area contributed by atoms with Crippen molar-refractivity contribution >= 4 is 51.0 Å². The Bertz CT molecular complexity index is 821. The molecule has 144 valence electrons. The third kappa shape index (κ3) is 5.05. The van der Waals surface area contributed by atoms with Crippen LogP contribution in [0.1, 0.15) is 27.9 Å². The van der Waals surface area contributed by atoms with Crippen molar-refractivity contribution in [3.05, 3.63) is 38.7 Å². The quantitative estimate of drug-likeness (QED) is 0.650. The fourth-order valence-corrected chi connectivity index (χ4v) is 5.87. The molecule has 2 aromatic rings. The van der Waals surface area contributed by atoms with Gasteiger partial charge in [0.1, 0.15) is 9.77 Å². The molecule has 3 heterocycles. The van der Waals surface area contributed by atoms with Crippen molar-refractivity contribution < 1.29 is 13.2 Å². The van der Waals surface area contributed by atoms with Gasteiger partial charge in [-0.3, -0.25) is 4.79 Å². The van der Waals surface area contributed by atoms with Crippen LogP contribution in [0.25, 0.3) is 0 Å². The number of hydrogen-bond acceptors (Lipinski definition) is 6. The third-order valence-corrected chi connectivity index (χ3v) is 7.61. The van der Waals surface area contributed by atoms with E-state index in [0.717, 1.165) is 35.7 Å². The Hall–Kier alpha value is -0.970. The fraction of sp³-hybridized carbons (Fsp3) is 0.438. The number of piperidine rings is 1. The van der Waals surface area contributed by atoms with E-state index in [4.69, 9.17) is 0 Å². The van der Waals surface area contributed by atoms with E-state index in [1.54, 1.807) is 5.38 Å². The molecule has 0 aliphatic carbocycles. The van der Waals surface area contributed by atoms with E-state index in [-0.39, 0.29) is 40.7 Å². The van der Waals surface area contributed by atoms with E-state index >= 15 is 0 Å². The maximum absolute atomic E-state index is 12.6. The fourth-order valence-electron chi connectivity index (χ4n) is 2.79. The van der Waals surface area contributed by atoms with Crippen molar-refractivity contribution in [3.63, 3.8) is 0 Å². The summed E-state index contributed by atoms with van der Waals surface area (Å²) < 4.78 is 27.7. The molecule has 2 unspecified atom stereocenters. The lowest BCUT2D eigenvalue weighted by Crippen LogP contribution is -2.48. The molecule has 10 heteroatoms. The van der Waals surface area contributed by atoms with E-state index in [1.165, 1.54) is 17.4 Å². The highest BCUT2D eigenvalue weighted by Crippen LogP contribution is 2.23. The Morgan fingerprint density at radius 3 is 2.81 bits per heavy atom. The molecular formula is C16H22ClN3O3S3. The zero-order valence-corrected chi connectivity index (χ0v) is 17.5. The lowest BCUT2D eigenvalue weighted by atomic mass is 9.95. The van der Waals surface area contributed by atoms with Crippen LogP contribution >= 0.6 is 35.1 Å². The van der Waals surface area contributed by atoms with Gasteiger partial charge in [0, 0.05) is 17.5 Å². The second-order valence-electron chi connectivity index (χ2n) is 6.07. The van der Waals surface area contributed by atoms with Gasteiger partial charge < -0.3 is 10.6 Å². The molecule has 26 heavy (non-hydrogen) atoms. The summed E-state index contributed by atoms with van der Waals surface area (Å²) in [4.78, 5) is 13.8. The lowest BCUT2D eigenvalue weighted by Gasteiger charge is -2.30. The van der Waals surface area contributed by atoms with Gasteiger partial charge in [-0.15, -0.1) is 35.1 Å². The first kappa shape index (κ1) is 21.3. The van der Waals surface area contributed by atoms with Gasteiger partial charge in [-0.1, -0.05) is 13.0 Å². The Labute approximate surface area is 167 Å². The number of rotatable bonds is 6.